The number of carbonyl (C=O) groups excluding carboxylic acids is 1. The molecule has 0 saturated heterocycles. The third kappa shape index (κ3) is 3.30. The number of ketones is 1. The summed E-state index contributed by atoms with van der Waals surface area (Å²) in [5.74, 6) is -0.0195. The second kappa shape index (κ2) is 5.96. The zero-order chi connectivity index (χ0) is 14.0. The van der Waals surface area contributed by atoms with Crippen molar-refractivity contribution >= 4 is 37.6 Å². The standard InChI is InChI=1S/C13H13Br2N3O/c1-3-18-10(4-8(2)17-18)6-12(19)13-11(15)5-9(14)7-16-13/h4-5,7H,3,6H2,1-2H3. The number of hydrogen-bond acceptors (Lipinski definition) is 3. The Morgan fingerprint density at radius 3 is 2.74 bits per heavy atom. The average molecular weight is 387 g/mol. The Morgan fingerprint density at radius 2 is 2.11 bits per heavy atom. The fourth-order valence-corrected chi connectivity index (χ4v) is 3.09. The van der Waals surface area contributed by atoms with Crippen molar-refractivity contribution in [3.05, 3.63) is 44.4 Å². The van der Waals surface area contributed by atoms with Crippen molar-refractivity contribution in [2.75, 3.05) is 0 Å². The first kappa shape index (κ1) is 14.4. The lowest BCUT2D eigenvalue weighted by Gasteiger charge is -2.05. The van der Waals surface area contributed by atoms with Crippen molar-refractivity contribution < 1.29 is 4.79 Å². The molecule has 2 rings (SSSR count). The number of rotatable bonds is 4. The summed E-state index contributed by atoms with van der Waals surface area (Å²) in [6.07, 6.45) is 1.93. The fourth-order valence-electron chi connectivity index (χ4n) is 1.88. The van der Waals surface area contributed by atoms with Crippen LogP contribution in [0, 0.1) is 6.92 Å². The van der Waals surface area contributed by atoms with Gasteiger partial charge in [-0.05, 0) is 57.8 Å². The summed E-state index contributed by atoms with van der Waals surface area (Å²) in [4.78, 5) is 16.4. The second-order valence-corrected chi connectivity index (χ2v) is 5.95. The molecular weight excluding hydrogens is 374 g/mol. The van der Waals surface area contributed by atoms with E-state index in [1.165, 1.54) is 0 Å². The van der Waals surface area contributed by atoms with E-state index in [-0.39, 0.29) is 5.78 Å². The van der Waals surface area contributed by atoms with Gasteiger partial charge in [-0.25, -0.2) is 0 Å². The highest BCUT2D eigenvalue weighted by atomic mass is 79.9. The smallest absolute Gasteiger partial charge is 0.188 e. The van der Waals surface area contributed by atoms with E-state index >= 15 is 0 Å². The lowest BCUT2D eigenvalue weighted by molar-refractivity contribution is 0.0985. The minimum absolute atomic E-state index is 0.0195. The van der Waals surface area contributed by atoms with Crippen molar-refractivity contribution in [1.29, 1.82) is 0 Å². The van der Waals surface area contributed by atoms with Crippen LogP contribution in [0.3, 0.4) is 0 Å². The Kier molecular flexibility index (Phi) is 4.52. The largest absolute Gasteiger partial charge is 0.292 e. The van der Waals surface area contributed by atoms with Gasteiger partial charge in [0.05, 0.1) is 12.1 Å². The number of pyridine rings is 1. The first-order valence-corrected chi connectivity index (χ1v) is 7.47. The first-order valence-electron chi connectivity index (χ1n) is 5.88. The summed E-state index contributed by atoms with van der Waals surface area (Å²) in [6, 6.07) is 3.76. The summed E-state index contributed by atoms with van der Waals surface area (Å²) in [5.41, 5.74) is 2.29. The predicted octanol–water partition coefficient (Wildman–Crippen LogP) is 3.56. The first-order chi connectivity index (χ1) is 9.01. The average Bonchev–Trinajstić information content (AvgIpc) is 2.69. The number of nitrogens with zero attached hydrogens (tertiary/aromatic N) is 3. The van der Waals surface area contributed by atoms with Crippen LogP contribution in [0.25, 0.3) is 0 Å². The third-order valence-corrected chi connectivity index (χ3v) is 3.74. The molecule has 0 N–H and O–H groups in total. The van der Waals surface area contributed by atoms with Crippen LogP contribution in [-0.2, 0) is 13.0 Å². The molecule has 2 aromatic heterocycles. The minimum atomic E-state index is -0.0195. The Hall–Kier alpha value is -1.01. The van der Waals surface area contributed by atoms with Crippen LogP contribution in [0.5, 0.6) is 0 Å². The molecule has 0 atom stereocenters. The molecule has 2 aromatic rings. The zero-order valence-corrected chi connectivity index (χ0v) is 13.8. The Bertz CT molecular complexity index is 622. The molecule has 19 heavy (non-hydrogen) atoms. The summed E-state index contributed by atoms with van der Waals surface area (Å²) < 4.78 is 3.39. The van der Waals surface area contributed by atoms with Gasteiger partial charge < -0.3 is 0 Å². The van der Waals surface area contributed by atoms with Gasteiger partial charge in [0.2, 0.25) is 0 Å². The molecule has 0 aromatic carbocycles. The van der Waals surface area contributed by atoms with Crippen LogP contribution in [0.2, 0.25) is 0 Å². The van der Waals surface area contributed by atoms with E-state index in [4.69, 9.17) is 0 Å². The zero-order valence-electron chi connectivity index (χ0n) is 10.7. The van der Waals surface area contributed by atoms with Gasteiger partial charge in [0.15, 0.2) is 5.78 Å². The molecule has 0 saturated carbocycles. The van der Waals surface area contributed by atoms with Gasteiger partial charge in [0.1, 0.15) is 5.69 Å². The molecule has 0 aliphatic rings. The van der Waals surface area contributed by atoms with E-state index in [0.29, 0.717) is 16.6 Å². The fraction of sp³-hybridized carbons (Fsp3) is 0.308. The summed E-state index contributed by atoms with van der Waals surface area (Å²) in [6.45, 7) is 4.69. The topological polar surface area (TPSA) is 47.8 Å². The van der Waals surface area contributed by atoms with E-state index in [0.717, 1.165) is 22.4 Å². The van der Waals surface area contributed by atoms with Crippen LogP contribution < -0.4 is 0 Å². The second-order valence-electron chi connectivity index (χ2n) is 4.18. The Morgan fingerprint density at radius 1 is 1.37 bits per heavy atom. The van der Waals surface area contributed by atoms with Crippen molar-refractivity contribution in [3.8, 4) is 0 Å². The third-order valence-electron chi connectivity index (χ3n) is 2.70. The maximum absolute atomic E-state index is 12.3. The highest BCUT2D eigenvalue weighted by molar-refractivity contribution is 9.11. The van der Waals surface area contributed by atoms with Crippen LogP contribution in [0.4, 0.5) is 0 Å². The van der Waals surface area contributed by atoms with Crippen molar-refractivity contribution in [2.24, 2.45) is 0 Å². The summed E-state index contributed by atoms with van der Waals surface area (Å²) in [5, 5.41) is 4.34. The molecule has 0 radical (unpaired) electrons. The molecule has 0 aliphatic heterocycles. The Labute approximate surface area is 128 Å². The van der Waals surface area contributed by atoms with Crippen LogP contribution in [0.1, 0.15) is 28.8 Å². The van der Waals surface area contributed by atoms with Gasteiger partial charge in [-0.3, -0.25) is 14.5 Å². The molecule has 0 unspecified atom stereocenters. The molecule has 2 heterocycles. The maximum atomic E-state index is 12.3. The number of Topliss-reactive ketones (excluding diaryl/α,β-unsaturated/α-hetero) is 1. The van der Waals surface area contributed by atoms with Gasteiger partial charge in [0.25, 0.3) is 0 Å². The lowest BCUT2D eigenvalue weighted by atomic mass is 10.1. The van der Waals surface area contributed by atoms with Crippen LogP contribution in [-0.4, -0.2) is 20.5 Å². The quantitative estimate of drug-likeness (QED) is 0.754. The number of aromatic nitrogens is 3. The SMILES string of the molecule is CCn1nc(C)cc1CC(=O)c1ncc(Br)cc1Br. The van der Waals surface area contributed by atoms with Gasteiger partial charge in [-0.15, -0.1) is 0 Å². The summed E-state index contributed by atoms with van der Waals surface area (Å²) >= 11 is 6.69. The van der Waals surface area contributed by atoms with Crippen molar-refractivity contribution in [2.45, 2.75) is 26.8 Å². The van der Waals surface area contributed by atoms with E-state index < -0.39 is 0 Å². The van der Waals surface area contributed by atoms with Gasteiger partial charge >= 0.3 is 0 Å². The van der Waals surface area contributed by atoms with E-state index in [1.54, 1.807) is 6.20 Å². The van der Waals surface area contributed by atoms with Crippen LogP contribution >= 0.6 is 31.9 Å². The van der Waals surface area contributed by atoms with Gasteiger partial charge in [-0.2, -0.15) is 5.10 Å². The number of hydrogen-bond donors (Lipinski definition) is 0. The van der Waals surface area contributed by atoms with Gasteiger partial charge in [0, 0.05) is 27.4 Å². The molecule has 0 bridgehead atoms. The maximum Gasteiger partial charge on any atom is 0.188 e. The molecule has 0 aliphatic carbocycles. The molecule has 0 spiro atoms. The molecular formula is C13H13Br2N3O. The molecule has 0 fully saturated rings. The highest BCUT2D eigenvalue weighted by Gasteiger charge is 2.15. The van der Waals surface area contributed by atoms with Crippen molar-refractivity contribution in [1.82, 2.24) is 14.8 Å². The predicted molar refractivity (Wildman–Crippen MR) is 80.3 cm³/mol. The Balaban J connectivity index is 2.25. The minimum Gasteiger partial charge on any atom is -0.292 e. The van der Waals surface area contributed by atoms with Crippen LogP contribution in [0.15, 0.2) is 27.3 Å². The number of aryl methyl sites for hydroxylation is 2. The van der Waals surface area contributed by atoms with E-state index in [9.17, 15) is 4.79 Å². The van der Waals surface area contributed by atoms with E-state index in [2.05, 4.69) is 41.9 Å². The molecule has 6 heteroatoms. The van der Waals surface area contributed by atoms with E-state index in [1.807, 2.05) is 30.7 Å². The summed E-state index contributed by atoms with van der Waals surface area (Å²) in [7, 11) is 0. The highest BCUT2D eigenvalue weighted by Crippen LogP contribution is 2.21. The lowest BCUT2D eigenvalue weighted by Crippen LogP contribution is -2.11. The monoisotopic (exact) mass is 385 g/mol. The van der Waals surface area contributed by atoms with Crippen molar-refractivity contribution in [3.63, 3.8) is 0 Å². The number of carbonyl (C=O) groups is 1. The van der Waals surface area contributed by atoms with Gasteiger partial charge in [-0.1, -0.05) is 0 Å². The molecule has 4 nitrogen and oxygen atoms in total. The molecule has 100 valence electrons. The normalized spacial score (nSPS) is 10.7. The molecule has 0 amide bonds. The number of halogens is 2.